The molecule has 5 heteroatoms. The minimum absolute atomic E-state index is 0.0167. The van der Waals surface area contributed by atoms with Gasteiger partial charge in [0, 0.05) is 6.04 Å². The van der Waals surface area contributed by atoms with Crippen molar-refractivity contribution in [2.45, 2.75) is 70.3 Å². The molecule has 4 amide bonds. The molecule has 5 nitrogen and oxygen atoms in total. The molecule has 1 aliphatic heterocycles. The number of nitrogens with one attached hydrogen (secondary N) is 1. The lowest BCUT2D eigenvalue weighted by molar-refractivity contribution is -0.146. The van der Waals surface area contributed by atoms with Crippen LogP contribution in [-0.4, -0.2) is 28.8 Å². The van der Waals surface area contributed by atoms with Crippen molar-refractivity contribution in [2.24, 2.45) is 11.8 Å². The molecule has 0 aromatic heterocycles. The molecule has 1 heterocycles. The Kier molecular flexibility index (Phi) is 4.27. The number of amides is 4. The van der Waals surface area contributed by atoms with Gasteiger partial charge in [-0.15, -0.1) is 0 Å². The molecular weight excluding hydrogens is 268 g/mol. The Bertz CT molecular complexity index is 435. The second kappa shape index (κ2) is 6.16. The Morgan fingerprint density at radius 3 is 2.00 bits per heavy atom. The molecule has 2 aliphatic carbocycles. The van der Waals surface area contributed by atoms with Gasteiger partial charge >= 0.3 is 6.03 Å². The highest BCUT2D eigenvalue weighted by atomic mass is 16.2. The van der Waals surface area contributed by atoms with Crippen molar-refractivity contribution >= 4 is 17.8 Å². The molecular formula is C16H24N2O3. The van der Waals surface area contributed by atoms with Gasteiger partial charge in [0.15, 0.2) is 0 Å². The van der Waals surface area contributed by atoms with Gasteiger partial charge in [-0.25, -0.2) is 4.79 Å². The van der Waals surface area contributed by atoms with Gasteiger partial charge in [-0.2, -0.15) is 0 Å². The highest BCUT2D eigenvalue weighted by Gasteiger charge is 2.47. The number of urea groups is 1. The average molecular weight is 292 g/mol. The summed E-state index contributed by atoms with van der Waals surface area (Å²) in [5, 5.41) is 2.43. The monoisotopic (exact) mass is 292 g/mol. The number of hydrogen-bond donors (Lipinski definition) is 1. The van der Waals surface area contributed by atoms with E-state index in [1.165, 1.54) is 17.7 Å². The fraction of sp³-hybridized carbons (Fsp3) is 0.812. The molecule has 2 saturated carbocycles. The summed E-state index contributed by atoms with van der Waals surface area (Å²) in [6, 6.07) is -0.511. The van der Waals surface area contributed by atoms with Gasteiger partial charge in [0.1, 0.15) is 5.92 Å². The van der Waals surface area contributed by atoms with Crippen LogP contribution in [0.1, 0.15) is 64.2 Å². The topological polar surface area (TPSA) is 66.5 Å². The van der Waals surface area contributed by atoms with Crippen molar-refractivity contribution in [1.82, 2.24) is 10.2 Å². The summed E-state index contributed by atoms with van der Waals surface area (Å²) in [5.74, 6) is -1.11. The Morgan fingerprint density at radius 1 is 0.810 bits per heavy atom. The maximum Gasteiger partial charge on any atom is 0.331 e. The van der Waals surface area contributed by atoms with Gasteiger partial charge in [-0.1, -0.05) is 38.5 Å². The predicted molar refractivity (Wildman–Crippen MR) is 77.3 cm³/mol. The van der Waals surface area contributed by atoms with Crippen LogP contribution in [0, 0.1) is 11.8 Å². The van der Waals surface area contributed by atoms with Crippen LogP contribution < -0.4 is 5.32 Å². The van der Waals surface area contributed by atoms with Gasteiger partial charge in [-0.3, -0.25) is 19.8 Å². The number of nitrogens with zero attached hydrogens (tertiary/aromatic N) is 1. The zero-order chi connectivity index (χ0) is 14.8. The van der Waals surface area contributed by atoms with Gasteiger partial charge in [0.25, 0.3) is 0 Å². The highest BCUT2D eigenvalue weighted by Crippen LogP contribution is 2.35. The molecule has 3 aliphatic rings. The highest BCUT2D eigenvalue weighted by molar-refractivity contribution is 6.16. The number of hydrogen-bond acceptors (Lipinski definition) is 3. The van der Waals surface area contributed by atoms with E-state index in [4.69, 9.17) is 0 Å². The van der Waals surface area contributed by atoms with E-state index in [0.717, 1.165) is 51.4 Å². The fourth-order valence-corrected chi connectivity index (χ4v) is 4.17. The number of barbiturate groups is 1. The first-order valence-electron chi connectivity index (χ1n) is 8.36. The second-order valence-electron chi connectivity index (χ2n) is 6.67. The van der Waals surface area contributed by atoms with E-state index >= 15 is 0 Å². The quantitative estimate of drug-likeness (QED) is 0.628. The molecule has 0 bridgehead atoms. The summed E-state index contributed by atoms with van der Waals surface area (Å²) in [5.41, 5.74) is 0. The molecule has 0 aromatic carbocycles. The molecule has 116 valence electrons. The summed E-state index contributed by atoms with van der Waals surface area (Å²) in [4.78, 5) is 38.5. The third-order valence-electron chi connectivity index (χ3n) is 5.30. The summed E-state index contributed by atoms with van der Waals surface area (Å²) in [6.07, 6.45) is 10.2. The average Bonchev–Trinajstić information content (AvgIpc) is 2.82. The second-order valence-corrected chi connectivity index (χ2v) is 6.67. The van der Waals surface area contributed by atoms with Gasteiger partial charge in [0.05, 0.1) is 0 Å². The van der Waals surface area contributed by atoms with Crippen LogP contribution >= 0.6 is 0 Å². The molecule has 0 spiro atoms. The Morgan fingerprint density at radius 2 is 1.38 bits per heavy atom. The Balaban J connectivity index is 1.79. The van der Waals surface area contributed by atoms with E-state index < -0.39 is 11.9 Å². The summed E-state index contributed by atoms with van der Waals surface area (Å²) in [7, 11) is 0. The van der Waals surface area contributed by atoms with E-state index in [0.29, 0.717) is 0 Å². The fourth-order valence-electron chi connectivity index (χ4n) is 4.17. The Labute approximate surface area is 125 Å². The number of carbonyl (C=O) groups is 3. The maximum atomic E-state index is 12.8. The summed E-state index contributed by atoms with van der Waals surface area (Å²) < 4.78 is 0. The molecule has 1 atom stereocenters. The molecule has 1 N–H and O–H groups in total. The normalized spacial score (nSPS) is 29.6. The first-order valence-corrected chi connectivity index (χ1v) is 8.36. The van der Waals surface area contributed by atoms with E-state index in [9.17, 15) is 14.4 Å². The Hall–Kier alpha value is -1.39. The van der Waals surface area contributed by atoms with Crippen LogP contribution in [0.15, 0.2) is 0 Å². The molecule has 1 saturated heterocycles. The molecule has 21 heavy (non-hydrogen) atoms. The lowest BCUT2D eigenvalue weighted by atomic mass is 9.86. The molecule has 3 rings (SSSR count). The smallest absolute Gasteiger partial charge is 0.277 e. The van der Waals surface area contributed by atoms with Crippen LogP contribution in [0.25, 0.3) is 0 Å². The van der Waals surface area contributed by atoms with Crippen molar-refractivity contribution in [2.75, 3.05) is 0 Å². The predicted octanol–water partition coefficient (Wildman–Crippen LogP) is 2.59. The minimum Gasteiger partial charge on any atom is -0.277 e. The van der Waals surface area contributed by atoms with Crippen molar-refractivity contribution in [3.05, 3.63) is 0 Å². The largest absolute Gasteiger partial charge is 0.331 e. The van der Waals surface area contributed by atoms with Crippen LogP contribution in [-0.2, 0) is 9.59 Å². The third-order valence-corrected chi connectivity index (χ3v) is 5.30. The van der Waals surface area contributed by atoms with E-state index in [1.807, 2.05) is 0 Å². The van der Waals surface area contributed by atoms with Crippen molar-refractivity contribution in [1.29, 1.82) is 0 Å². The van der Waals surface area contributed by atoms with Crippen LogP contribution in [0.4, 0.5) is 4.79 Å². The molecule has 3 fully saturated rings. The number of carbonyl (C=O) groups excluding carboxylic acids is 3. The lowest BCUT2D eigenvalue weighted by Crippen LogP contribution is -2.62. The standard InChI is InChI=1S/C16H24N2O3/c19-14-13(11-7-5-6-8-11)15(20)18(16(21)17-14)12-9-3-1-2-4-10-12/h11-13H,1-10H2,(H,17,19,21). The third kappa shape index (κ3) is 2.83. The summed E-state index contributed by atoms with van der Waals surface area (Å²) >= 11 is 0. The zero-order valence-electron chi connectivity index (χ0n) is 12.5. The van der Waals surface area contributed by atoms with Gasteiger partial charge in [-0.05, 0) is 31.6 Å². The van der Waals surface area contributed by atoms with Crippen molar-refractivity contribution in [3.63, 3.8) is 0 Å². The van der Waals surface area contributed by atoms with Gasteiger partial charge in [0.2, 0.25) is 11.8 Å². The van der Waals surface area contributed by atoms with E-state index in [1.54, 1.807) is 0 Å². The van der Waals surface area contributed by atoms with Crippen LogP contribution in [0.5, 0.6) is 0 Å². The zero-order valence-corrected chi connectivity index (χ0v) is 12.5. The van der Waals surface area contributed by atoms with Crippen LogP contribution in [0.2, 0.25) is 0 Å². The molecule has 1 unspecified atom stereocenters. The molecule has 0 radical (unpaired) electrons. The lowest BCUT2D eigenvalue weighted by Gasteiger charge is -2.37. The number of rotatable bonds is 2. The first kappa shape index (κ1) is 14.5. The van der Waals surface area contributed by atoms with Crippen molar-refractivity contribution < 1.29 is 14.4 Å². The van der Waals surface area contributed by atoms with Crippen molar-refractivity contribution in [3.8, 4) is 0 Å². The van der Waals surface area contributed by atoms with E-state index in [-0.39, 0.29) is 23.8 Å². The maximum absolute atomic E-state index is 12.8. The first-order chi connectivity index (χ1) is 10.2. The molecule has 0 aromatic rings. The van der Waals surface area contributed by atoms with E-state index in [2.05, 4.69) is 5.32 Å². The SMILES string of the molecule is O=C1NC(=O)N(C2CCCCCC2)C(=O)C1C1CCCC1. The summed E-state index contributed by atoms with van der Waals surface area (Å²) in [6.45, 7) is 0. The minimum atomic E-state index is -0.631. The number of imide groups is 2. The van der Waals surface area contributed by atoms with Gasteiger partial charge < -0.3 is 0 Å². The van der Waals surface area contributed by atoms with Crippen LogP contribution in [0.3, 0.4) is 0 Å².